The van der Waals surface area contributed by atoms with E-state index < -0.39 is 0 Å². The van der Waals surface area contributed by atoms with Crippen LogP contribution in [0.15, 0.2) is 42.5 Å². The summed E-state index contributed by atoms with van der Waals surface area (Å²) in [5, 5.41) is 9.60. The normalized spacial score (nSPS) is 12.0. The number of carbonyl (C=O) groups is 2. The van der Waals surface area contributed by atoms with E-state index in [1.54, 1.807) is 57.5 Å². The summed E-state index contributed by atoms with van der Waals surface area (Å²) in [4.78, 5) is 29.9. The summed E-state index contributed by atoms with van der Waals surface area (Å²) >= 11 is 7.79. The number of hydrogen-bond acceptors (Lipinski definition) is 5. The highest BCUT2D eigenvalue weighted by Gasteiger charge is 2.24. The van der Waals surface area contributed by atoms with Crippen molar-refractivity contribution < 1.29 is 14.3 Å². The van der Waals surface area contributed by atoms with E-state index in [9.17, 15) is 14.9 Å². The molecule has 0 bridgehead atoms. The Bertz CT molecular complexity index is 1280. The molecule has 0 N–H and O–H groups in total. The van der Waals surface area contributed by atoms with Gasteiger partial charge in [-0.15, -0.1) is 11.3 Å². The number of anilines is 1. The molecule has 8 heteroatoms. The molecular weight excluding hydrogens is 446 g/mol. The van der Waals surface area contributed by atoms with Gasteiger partial charge in [0.25, 0.3) is 11.8 Å². The summed E-state index contributed by atoms with van der Waals surface area (Å²) in [5.74, 6) is 0.351. The fourth-order valence-electron chi connectivity index (χ4n) is 3.57. The average Bonchev–Trinajstić information content (AvgIpc) is 3.14. The molecule has 0 saturated heterocycles. The minimum Gasteiger partial charge on any atom is -0.493 e. The van der Waals surface area contributed by atoms with Gasteiger partial charge in [-0.2, -0.15) is 5.26 Å². The van der Waals surface area contributed by atoms with Crippen molar-refractivity contribution in [2.75, 3.05) is 32.6 Å². The van der Waals surface area contributed by atoms with Gasteiger partial charge in [-0.1, -0.05) is 11.6 Å². The first kappa shape index (κ1) is 21.9. The van der Waals surface area contributed by atoms with Crippen LogP contribution in [0.2, 0.25) is 5.02 Å². The molecule has 0 atom stereocenters. The van der Waals surface area contributed by atoms with Gasteiger partial charge in [-0.05, 0) is 48.0 Å². The molecule has 2 aromatic carbocycles. The van der Waals surface area contributed by atoms with E-state index in [0.717, 1.165) is 16.0 Å². The number of amides is 2. The van der Waals surface area contributed by atoms with E-state index in [1.807, 2.05) is 6.07 Å². The number of benzene rings is 2. The van der Waals surface area contributed by atoms with Crippen molar-refractivity contribution in [3.8, 4) is 22.3 Å². The van der Waals surface area contributed by atoms with Crippen LogP contribution in [0.1, 0.15) is 31.2 Å². The van der Waals surface area contributed by atoms with Crippen molar-refractivity contribution in [2.45, 2.75) is 6.42 Å². The number of nitrogens with zero attached hydrogens (tertiary/aromatic N) is 3. The van der Waals surface area contributed by atoms with Crippen LogP contribution in [0.25, 0.3) is 10.4 Å². The minimum absolute atomic E-state index is 0.160. The van der Waals surface area contributed by atoms with E-state index in [0.29, 0.717) is 45.5 Å². The molecule has 3 aromatic rings. The maximum absolute atomic E-state index is 13.3. The Balaban J connectivity index is 1.67. The quantitative estimate of drug-likeness (QED) is 0.554. The first-order chi connectivity index (χ1) is 15.3. The Morgan fingerprint density at radius 2 is 1.88 bits per heavy atom. The smallest absolute Gasteiger partial charge is 0.268 e. The van der Waals surface area contributed by atoms with Gasteiger partial charge in [-0.3, -0.25) is 9.59 Å². The standard InChI is InChI=1S/C24H20ClN3O3S/c1-27(2)23(29)16-5-6-19(18(25)11-16)28(3)24(30)21-12-15-8-9-31-20-7-4-14(13-26)10-17(20)22(15)32-21/h4-7,10-12H,8-9H2,1-3H3. The SMILES string of the molecule is CN(C)C(=O)c1ccc(N(C)C(=O)c2cc3c(s2)-c2cc(C#N)ccc2OCC3)c(Cl)c1. The Morgan fingerprint density at radius 1 is 1.09 bits per heavy atom. The highest BCUT2D eigenvalue weighted by atomic mass is 35.5. The van der Waals surface area contributed by atoms with Crippen molar-refractivity contribution in [1.82, 2.24) is 4.90 Å². The molecule has 0 aliphatic carbocycles. The highest BCUT2D eigenvalue weighted by Crippen LogP contribution is 2.42. The van der Waals surface area contributed by atoms with Crippen LogP contribution in [0.3, 0.4) is 0 Å². The number of nitriles is 1. The van der Waals surface area contributed by atoms with Crippen LogP contribution in [0, 0.1) is 11.3 Å². The number of rotatable bonds is 3. The van der Waals surface area contributed by atoms with Gasteiger partial charge in [0.05, 0.1) is 33.8 Å². The summed E-state index contributed by atoms with van der Waals surface area (Å²) in [6.07, 6.45) is 0.668. The zero-order valence-corrected chi connectivity index (χ0v) is 19.4. The third-order valence-corrected chi connectivity index (χ3v) is 6.77. The molecule has 0 radical (unpaired) electrons. The Hall–Kier alpha value is -3.34. The van der Waals surface area contributed by atoms with Crippen molar-refractivity contribution in [2.24, 2.45) is 0 Å². The number of thiophene rings is 1. The lowest BCUT2D eigenvalue weighted by molar-refractivity contribution is 0.0827. The summed E-state index contributed by atoms with van der Waals surface area (Å²) in [6.45, 7) is 0.499. The molecule has 0 fully saturated rings. The zero-order valence-electron chi connectivity index (χ0n) is 17.8. The fourth-order valence-corrected chi connectivity index (χ4v) is 5.08. The maximum Gasteiger partial charge on any atom is 0.268 e. The van der Waals surface area contributed by atoms with E-state index in [1.165, 1.54) is 21.1 Å². The molecule has 1 aliphatic heterocycles. The maximum atomic E-state index is 13.3. The molecule has 0 spiro atoms. The van der Waals surface area contributed by atoms with Crippen molar-refractivity contribution in [3.63, 3.8) is 0 Å². The lowest BCUT2D eigenvalue weighted by atomic mass is 10.1. The minimum atomic E-state index is -0.199. The first-order valence-corrected chi connectivity index (χ1v) is 11.1. The molecule has 32 heavy (non-hydrogen) atoms. The average molecular weight is 466 g/mol. The fraction of sp³-hybridized carbons (Fsp3) is 0.208. The second-order valence-electron chi connectivity index (χ2n) is 7.62. The number of fused-ring (bicyclic) bond motifs is 3. The molecule has 2 heterocycles. The second-order valence-corrected chi connectivity index (χ2v) is 9.08. The number of ether oxygens (including phenoxy) is 1. The molecule has 2 amide bonds. The molecule has 1 aliphatic rings. The summed E-state index contributed by atoms with van der Waals surface area (Å²) in [6, 6.07) is 14.3. The third-order valence-electron chi connectivity index (χ3n) is 5.27. The Kier molecular flexibility index (Phi) is 5.92. The first-order valence-electron chi connectivity index (χ1n) is 9.89. The van der Waals surface area contributed by atoms with E-state index >= 15 is 0 Å². The molecule has 4 rings (SSSR count). The van der Waals surface area contributed by atoms with Gasteiger partial charge in [0.15, 0.2) is 0 Å². The topological polar surface area (TPSA) is 73.6 Å². The zero-order chi connectivity index (χ0) is 23.0. The van der Waals surface area contributed by atoms with Gasteiger partial charge in [0.1, 0.15) is 5.75 Å². The van der Waals surface area contributed by atoms with Crippen LogP contribution in [0.5, 0.6) is 5.75 Å². The molecule has 162 valence electrons. The molecular formula is C24H20ClN3O3S. The van der Waals surface area contributed by atoms with Gasteiger partial charge in [0, 0.05) is 43.6 Å². The van der Waals surface area contributed by atoms with Gasteiger partial charge in [0.2, 0.25) is 0 Å². The van der Waals surface area contributed by atoms with Crippen molar-refractivity contribution in [3.05, 3.63) is 69.1 Å². The second kappa shape index (κ2) is 8.65. The molecule has 0 unspecified atom stereocenters. The van der Waals surface area contributed by atoms with Crippen molar-refractivity contribution in [1.29, 1.82) is 5.26 Å². The summed E-state index contributed by atoms with van der Waals surface area (Å²) in [5.41, 5.74) is 3.35. The van der Waals surface area contributed by atoms with E-state index in [2.05, 4.69) is 6.07 Å². The predicted molar refractivity (Wildman–Crippen MR) is 126 cm³/mol. The Labute approximate surface area is 195 Å². The van der Waals surface area contributed by atoms with Crippen LogP contribution >= 0.6 is 22.9 Å². The lowest BCUT2D eigenvalue weighted by Gasteiger charge is -2.19. The number of carbonyl (C=O) groups excluding carboxylic acids is 2. The van der Waals surface area contributed by atoms with E-state index in [-0.39, 0.29) is 11.8 Å². The van der Waals surface area contributed by atoms with Crippen LogP contribution in [-0.2, 0) is 6.42 Å². The monoisotopic (exact) mass is 465 g/mol. The lowest BCUT2D eigenvalue weighted by Crippen LogP contribution is -2.26. The van der Waals surface area contributed by atoms with Crippen LogP contribution in [-0.4, -0.2) is 44.5 Å². The van der Waals surface area contributed by atoms with Crippen LogP contribution < -0.4 is 9.64 Å². The summed E-state index contributed by atoms with van der Waals surface area (Å²) < 4.78 is 5.82. The van der Waals surface area contributed by atoms with Gasteiger partial charge >= 0.3 is 0 Å². The highest BCUT2D eigenvalue weighted by molar-refractivity contribution is 7.17. The van der Waals surface area contributed by atoms with Gasteiger partial charge < -0.3 is 14.5 Å². The van der Waals surface area contributed by atoms with E-state index in [4.69, 9.17) is 16.3 Å². The summed E-state index contributed by atoms with van der Waals surface area (Å²) in [7, 11) is 5.00. The van der Waals surface area contributed by atoms with Gasteiger partial charge in [-0.25, -0.2) is 0 Å². The number of hydrogen-bond donors (Lipinski definition) is 0. The number of halogens is 1. The van der Waals surface area contributed by atoms with Crippen molar-refractivity contribution >= 4 is 40.4 Å². The third kappa shape index (κ3) is 3.95. The molecule has 0 saturated carbocycles. The molecule has 1 aromatic heterocycles. The van der Waals surface area contributed by atoms with Crippen LogP contribution in [0.4, 0.5) is 5.69 Å². The molecule has 6 nitrogen and oxygen atoms in total. The largest absolute Gasteiger partial charge is 0.493 e. The Morgan fingerprint density at radius 3 is 2.56 bits per heavy atom. The predicted octanol–water partition coefficient (Wildman–Crippen LogP) is 4.85.